The normalized spacial score (nSPS) is 9.30. The number of hydrogen-bond donors (Lipinski definition) is 0. The average molecular weight is 159 g/mol. The first-order valence-electron chi connectivity index (χ1n) is 2.61. The summed E-state index contributed by atoms with van der Waals surface area (Å²) in [5.74, 6) is 0. The summed E-state index contributed by atoms with van der Waals surface area (Å²) in [7, 11) is 0. The Morgan fingerprint density at radius 3 is 2.20 bits per heavy atom. The van der Waals surface area contributed by atoms with Crippen molar-refractivity contribution in [2.75, 3.05) is 0 Å². The zero-order valence-electron chi connectivity index (χ0n) is 4.98. The molecule has 0 heterocycles. The minimum atomic E-state index is -0.450. The molecule has 52 valence electrons. The van der Waals surface area contributed by atoms with E-state index in [1.165, 1.54) is 24.3 Å². The lowest BCUT2D eigenvalue weighted by molar-refractivity contribution is -0.385. The van der Waals surface area contributed by atoms with Gasteiger partial charge in [0.1, 0.15) is 0 Å². The van der Waals surface area contributed by atoms with Gasteiger partial charge in [-0.05, 0) is 0 Å². The molecule has 0 bridgehead atoms. The summed E-state index contributed by atoms with van der Waals surface area (Å²) in [6, 6.07) is 5.85. The Bertz CT molecular complexity index is 244. The molecule has 0 unspecified atom stereocenters. The molecule has 0 saturated heterocycles. The van der Waals surface area contributed by atoms with Crippen LogP contribution in [0, 0.1) is 21.7 Å². The number of halogens is 1. The van der Waals surface area contributed by atoms with Gasteiger partial charge >= 0.3 is 0 Å². The van der Waals surface area contributed by atoms with Crippen LogP contribution in [0.4, 0.5) is 5.69 Å². The molecule has 0 radical (unpaired) electrons. The van der Waals surface area contributed by atoms with Gasteiger partial charge in [-0.15, -0.1) is 0 Å². The number of rotatable bonds is 1. The molecule has 0 aromatic heterocycles. The number of nitro groups is 1. The lowest BCUT2D eigenvalue weighted by Gasteiger charge is -1.85. The summed E-state index contributed by atoms with van der Waals surface area (Å²) in [5, 5.41) is 10.7. The van der Waals surface area contributed by atoms with Gasteiger partial charge in [-0.2, -0.15) is 0 Å². The van der Waals surface area contributed by atoms with E-state index in [0.717, 1.165) is 0 Å². The topological polar surface area (TPSA) is 43.1 Å². The van der Waals surface area contributed by atoms with Crippen molar-refractivity contribution in [3.63, 3.8) is 0 Å². The van der Waals surface area contributed by atoms with Crippen molar-refractivity contribution in [3.8, 4) is 0 Å². The zero-order chi connectivity index (χ0) is 7.56. The molecule has 1 rings (SSSR count). The molecule has 0 N–H and O–H groups in total. The van der Waals surface area contributed by atoms with Crippen LogP contribution in [0.15, 0.2) is 24.3 Å². The van der Waals surface area contributed by atoms with Crippen molar-refractivity contribution < 1.29 is 16.5 Å². The summed E-state index contributed by atoms with van der Waals surface area (Å²) in [6.07, 6.45) is 0. The Kier molecular flexibility index (Phi) is 1.87. The fraction of sp³-hybridized carbons (Fsp3) is 0. The Balaban J connectivity index is 3.00. The predicted molar refractivity (Wildman–Crippen MR) is 33.6 cm³/mol. The van der Waals surface area contributed by atoms with Gasteiger partial charge in [0.25, 0.3) is 5.69 Å². The molecule has 0 atom stereocenters. The first-order valence-corrected chi connectivity index (χ1v) is 3.02. The van der Waals surface area contributed by atoms with E-state index in [4.69, 9.17) is 11.6 Å². The predicted octanol–water partition coefficient (Wildman–Crippen LogP) is 1.29. The summed E-state index contributed by atoms with van der Waals surface area (Å²) >= 11 is 4.74. The van der Waals surface area contributed by atoms with Crippen LogP contribution >= 0.6 is 0 Å². The molecule has 0 aliphatic carbocycles. The molecular formula is C6H5ClNO2+. The highest BCUT2D eigenvalue weighted by molar-refractivity contribution is 5.30. The summed E-state index contributed by atoms with van der Waals surface area (Å²) in [4.78, 5) is 9.63. The second kappa shape index (κ2) is 2.66. The number of nitro benzene ring substituents is 1. The van der Waals surface area contributed by atoms with Gasteiger partial charge in [0.15, 0.2) is 11.6 Å². The smallest absolute Gasteiger partial charge is 0.258 e. The minimum absolute atomic E-state index is 0.0774. The molecule has 0 saturated carbocycles. The van der Waals surface area contributed by atoms with Crippen LogP contribution in [-0.2, 0) is 0 Å². The average Bonchev–Trinajstić information content (AvgIpc) is 1.88. The first-order chi connectivity index (χ1) is 4.70. The number of non-ortho nitro benzene ring substituents is 1. The van der Waals surface area contributed by atoms with Gasteiger partial charge in [-0.3, -0.25) is 10.1 Å². The van der Waals surface area contributed by atoms with Crippen molar-refractivity contribution in [2.24, 2.45) is 0 Å². The summed E-state index contributed by atoms with van der Waals surface area (Å²) < 4.78 is 0. The van der Waals surface area contributed by atoms with E-state index < -0.39 is 4.92 Å². The number of benzene rings is 1. The van der Waals surface area contributed by atoms with Crippen LogP contribution in [-0.4, -0.2) is 4.92 Å². The van der Waals surface area contributed by atoms with Gasteiger partial charge in [-0.25, -0.2) is 0 Å². The summed E-state index contributed by atoms with van der Waals surface area (Å²) in [6.45, 7) is 0. The van der Waals surface area contributed by atoms with Gasteiger partial charge in [0, 0.05) is 24.3 Å². The van der Waals surface area contributed by atoms with Crippen LogP contribution in [0.5, 0.6) is 0 Å². The van der Waals surface area contributed by atoms with Crippen LogP contribution in [0.25, 0.3) is 0 Å². The van der Waals surface area contributed by atoms with Crippen LogP contribution in [0.2, 0.25) is 5.02 Å². The molecule has 0 amide bonds. The highest BCUT2D eigenvalue weighted by Gasteiger charge is 2.04. The largest absolute Gasteiger partial charge is 0.269 e. The second-order valence-corrected chi connectivity index (χ2v) is 2.22. The Morgan fingerprint density at radius 2 is 1.80 bits per heavy atom. The fourth-order valence-electron chi connectivity index (χ4n) is 0.568. The molecule has 0 aliphatic rings. The Morgan fingerprint density at radius 1 is 1.30 bits per heavy atom. The molecule has 0 fully saturated rings. The SMILES string of the molecule is O=[N+]([O-])c1ccc([ClH+])cc1. The van der Waals surface area contributed by atoms with Gasteiger partial charge < -0.3 is 0 Å². The van der Waals surface area contributed by atoms with Crippen LogP contribution in [0.1, 0.15) is 0 Å². The first kappa shape index (κ1) is 7.02. The molecule has 1 aromatic carbocycles. The van der Waals surface area contributed by atoms with Crippen LogP contribution < -0.4 is 0 Å². The third-order valence-corrected chi connectivity index (χ3v) is 1.32. The molecule has 3 nitrogen and oxygen atoms in total. The van der Waals surface area contributed by atoms with Crippen molar-refractivity contribution in [1.82, 2.24) is 0 Å². The molecule has 0 spiro atoms. The zero-order valence-corrected chi connectivity index (χ0v) is 5.80. The monoisotopic (exact) mass is 158 g/mol. The maximum atomic E-state index is 10.1. The van der Waals surface area contributed by atoms with E-state index >= 15 is 0 Å². The standard InChI is InChI=1S/C6H5ClNO2/c7-5-1-3-6(4-2-5)8(9)10/h1-4,7H/q+1. The maximum Gasteiger partial charge on any atom is 0.269 e. The van der Waals surface area contributed by atoms with Crippen molar-refractivity contribution in [2.45, 2.75) is 0 Å². The second-order valence-electron chi connectivity index (χ2n) is 1.75. The van der Waals surface area contributed by atoms with E-state index in [9.17, 15) is 10.1 Å². The Hall–Kier alpha value is -1.09. The molecule has 4 heteroatoms. The minimum Gasteiger partial charge on any atom is -0.258 e. The molecular weight excluding hydrogens is 154 g/mol. The van der Waals surface area contributed by atoms with Crippen molar-refractivity contribution >= 4 is 5.69 Å². The van der Waals surface area contributed by atoms with E-state index in [0.29, 0.717) is 5.02 Å². The van der Waals surface area contributed by atoms with Crippen molar-refractivity contribution in [3.05, 3.63) is 39.4 Å². The Labute approximate surface area is 62.4 Å². The van der Waals surface area contributed by atoms with Crippen LogP contribution in [0.3, 0.4) is 0 Å². The fourth-order valence-corrected chi connectivity index (χ4v) is 0.704. The van der Waals surface area contributed by atoms with Gasteiger partial charge in [0.2, 0.25) is 5.02 Å². The lowest BCUT2D eigenvalue weighted by Crippen LogP contribution is -1.85. The van der Waals surface area contributed by atoms with E-state index in [2.05, 4.69) is 0 Å². The van der Waals surface area contributed by atoms with Gasteiger partial charge in [-0.1, -0.05) is 0 Å². The number of hydrogen-bond acceptors (Lipinski definition) is 2. The quantitative estimate of drug-likeness (QED) is 0.457. The molecule has 0 aliphatic heterocycles. The van der Waals surface area contributed by atoms with E-state index in [-0.39, 0.29) is 5.69 Å². The van der Waals surface area contributed by atoms with E-state index in [1.807, 2.05) is 0 Å². The highest BCUT2D eigenvalue weighted by Crippen LogP contribution is 2.11. The van der Waals surface area contributed by atoms with Gasteiger partial charge in [0.05, 0.1) is 4.92 Å². The molecule has 10 heavy (non-hydrogen) atoms. The number of nitrogens with zero attached hydrogens (tertiary/aromatic N) is 1. The van der Waals surface area contributed by atoms with E-state index in [1.54, 1.807) is 0 Å². The van der Waals surface area contributed by atoms with Crippen molar-refractivity contribution in [1.29, 1.82) is 0 Å². The third kappa shape index (κ3) is 1.45. The summed E-state index contributed by atoms with van der Waals surface area (Å²) in [5.41, 5.74) is 0.0774. The lowest BCUT2D eigenvalue weighted by atomic mass is 10.3. The maximum absolute atomic E-state index is 10.1. The highest BCUT2D eigenvalue weighted by atomic mass is 35.5. The third-order valence-electron chi connectivity index (χ3n) is 1.05. The molecule has 1 aromatic rings.